The number of hydrogen-bond acceptors (Lipinski definition) is 0. The molecule has 0 bridgehead atoms. The average Bonchev–Trinajstić information content (AvgIpc) is 2.44. The van der Waals surface area contributed by atoms with Crippen LogP contribution in [0.15, 0.2) is 65.8 Å². The minimum atomic E-state index is 0.0188. The molecule has 3 rings (SSSR count). The molecular weight excluding hydrogens is 216 g/mol. The lowest BCUT2D eigenvalue weighted by molar-refractivity contribution is 0.608. The van der Waals surface area contributed by atoms with Gasteiger partial charge in [-0.1, -0.05) is 54.6 Å². The van der Waals surface area contributed by atoms with Gasteiger partial charge in [0.15, 0.2) is 0 Å². The predicted octanol–water partition coefficient (Wildman–Crippen LogP) is 5.00. The zero-order valence-electron chi connectivity index (χ0n) is 11.2. The summed E-state index contributed by atoms with van der Waals surface area (Å²) < 4.78 is 0. The topological polar surface area (TPSA) is 0 Å². The summed E-state index contributed by atoms with van der Waals surface area (Å²) in [6.07, 6.45) is 0. The summed E-state index contributed by atoms with van der Waals surface area (Å²) in [4.78, 5) is 0. The molecule has 0 saturated carbocycles. The lowest BCUT2D eigenvalue weighted by Gasteiger charge is -2.45. The van der Waals surface area contributed by atoms with Gasteiger partial charge in [0.2, 0.25) is 0 Å². The molecule has 0 aromatic heterocycles. The standard InChI is InChI=1S/C18H18/c1-12-13(2)18(4,14(12)3)17-11-7-9-15-8-5-6-10-16(15)17/h5-11H,2H2,1,3-4H3. The summed E-state index contributed by atoms with van der Waals surface area (Å²) in [6, 6.07) is 15.2. The quantitative estimate of drug-likeness (QED) is 0.651. The smallest absolute Gasteiger partial charge is 0.0388 e. The molecule has 0 heteroatoms. The lowest BCUT2D eigenvalue weighted by Crippen LogP contribution is -2.35. The molecule has 1 atom stereocenters. The molecule has 0 radical (unpaired) electrons. The van der Waals surface area contributed by atoms with E-state index in [1.165, 1.54) is 33.1 Å². The fraction of sp³-hybridized carbons (Fsp3) is 0.222. The van der Waals surface area contributed by atoms with Gasteiger partial charge in [-0.15, -0.1) is 0 Å². The van der Waals surface area contributed by atoms with Crippen LogP contribution in [-0.2, 0) is 5.41 Å². The number of benzene rings is 2. The second-order valence-corrected chi connectivity index (χ2v) is 5.38. The van der Waals surface area contributed by atoms with Crippen LogP contribution in [0, 0.1) is 0 Å². The molecule has 0 fully saturated rings. The van der Waals surface area contributed by atoms with Crippen LogP contribution in [-0.4, -0.2) is 0 Å². The summed E-state index contributed by atoms with van der Waals surface area (Å²) in [5, 5.41) is 2.65. The van der Waals surface area contributed by atoms with Crippen molar-refractivity contribution >= 4 is 10.8 Å². The van der Waals surface area contributed by atoms with Gasteiger partial charge in [0, 0.05) is 5.41 Å². The lowest BCUT2D eigenvalue weighted by atomic mass is 9.58. The second kappa shape index (κ2) is 3.58. The van der Waals surface area contributed by atoms with Gasteiger partial charge >= 0.3 is 0 Å². The van der Waals surface area contributed by atoms with E-state index >= 15 is 0 Å². The summed E-state index contributed by atoms with van der Waals surface area (Å²) in [6.45, 7) is 11.0. The molecule has 1 aliphatic carbocycles. The van der Waals surface area contributed by atoms with Gasteiger partial charge < -0.3 is 0 Å². The highest BCUT2D eigenvalue weighted by molar-refractivity contribution is 5.89. The van der Waals surface area contributed by atoms with E-state index < -0.39 is 0 Å². The van der Waals surface area contributed by atoms with Gasteiger partial charge in [-0.3, -0.25) is 0 Å². The molecule has 18 heavy (non-hydrogen) atoms. The first-order valence-corrected chi connectivity index (χ1v) is 6.42. The summed E-state index contributed by atoms with van der Waals surface area (Å²) >= 11 is 0. The van der Waals surface area contributed by atoms with Gasteiger partial charge in [-0.05, 0) is 48.3 Å². The second-order valence-electron chi connectivity index (χ2n) is 5.38. The Morgan fingerprint density at radius 1 is 0.944 bits per heavy atom. The molecule has 90 valence electrons. The van der Waals surface area contributed by atoms with Crippen LogP contribution >= 0.6 is 0 Å². The molecule has 0 spiro atoms. The van der Waals surface area contributed by atoms with Crippen molar-refractivity contribution in [2.45, 2.75) is 26.2 Å². The van der Waals surface area contributed by atoms with Gasteiger partial charge in [-0.25, -0.2) is 0 Å². The Morgan fingerprint density at radius 3 is 2.33 bits per heavy atom. The van der Waals surface area contributed by atoms with E-state index in [0.29, 0.717) is 0 Å². The summed E-state index contributed by atoms with van der Waals surface area (Å²) in [5.41, 5.74) is 5.48. The fourth-order valence-electron chi connectivity index (χ4n) is 3.17. The fourth-order valence-corrected chi connectivity index (χ4v) is 3.17. The minimum absolute atomic E-state index is 0.0188. The van der Waals surface area contributed by atoms with Gasteiger partial charge in [0.1, 0.15) is 0 Å². The maximum Gasteiger partial charge on any atom is 0.0388 e. The van der Waals surface area contributed by atoms with Crippen LogP contribution in [0.2, 0.25) is 0 Å². The van der Waals surface area contributed by atoms with Crippen LogP contribution in [0.4, 0.5) is 0 Å². The molecule has 2 aromatic carbocycles. The van der Waals surface area contributed by atoms with Crippen LogP contribution in [0.1, 0.15) is 26.3 Å². The van der Waals surface area contributed by atoms with Gasteiger partial charge in [0.25, 0.3) is 0 Å². The van der Waals surface area contributed by atoms with E-state index in [0.717, 1.165) is 0 Å². The highest BCUT2D eigenvalue weighted by Crippen LogP contribution is 2.52. The minimum Gasteiger partial charge on any atom is -0.0943 e. The highest BCUT2D eigenvalue weighted by Gasteiger charge is 2.42. The third kappa shape index (κ3) is 1.21. The summed E-state index contributed by atoms with van der Waals surface area (Å²) in [5.74, 6) is 0. The van der Waals surface area contributed by atoms with E-state index in [2.05, 4.69) is 69.8 Å². The monoisotopic (exact) mass is 234 g/mol. The Bertz CT molecular complexity index is 683. The Balaban J connectivity index is 2.32. The molecular formula is C18H18. The first-order chi connectivity index (χ1) is 8.56. The third-order valence-electron chi connectivity index (χ3n) is 4.70. The highest BCUT2D eigenvalue weighted by atomic mass is 14.4. The molecule has 1 unspecified atom stereocenters. The molecule has 1 aliphatic rings. The number of fused-ring (bicyclic) bond motifs is 1. The summed E-state index contributed by atoms with van der Waals surface area (Å²) in [7, 11) is 0. The molecule has 0 saturated heterocycles. The van der Waals surface area contributed by atoms with E-state index in [1.807, 2.05) is 0 Å². The Hall–Kier alpha value is -1.82. The van der Waals surface area contributed by atoms with E-state index in [1.54, 1.807) is 0 Å². The van der Waals surface area contributed by atoms with E-state index in [4.69, 9.17) is 0 Å². The molecule has 0 heterocycles. The molecule has 0 N–H and O–H groups in total. The first kappa shape index (κ1) is 11.3. The van der Waals surface area contributed by atoms with Crippen molar-refractivity contribution in [2.75, 3.05) is 0 Å². The van der Waals surface area contributed by atoms with Crippen molar-refractivity contribution in [1.82, 2.24) is 0 Å². The molecule has 0 aliphatic heterocycles. The van der Waals surface area contributed by atoms with Crippen LogP contribution in [0.3, 0.4) is 0 Å². The molecule has 2 aromatic rings. The SMILES string of the molecule is C=C1C(C)=C(C)C1(C)c1cccc2ccccc12. The largest absolute Gasteiger partial charge is 0.0943 e. The number of rotatable bonds is 1. The molecule has 0 amide bonds. The van der Waals surface area contributed by atoms with Crippen LogP contribution in [0.25, 0.3) is 10.8 Å². The zero-order valence-corrected chi connectivity index (χ0v) is 11.2. The van der Waals surface area contributed by atoms with E-state index in [-0.39, 0.29) is 5.41 Å². The van der Waals surface area contributed by atoms with Crippen molar-refractivity contribution in [3.63, 3.8) is 0 Å². The number of hydrogen-bond donors (Lipinski definition) is 0. The van der Waals surface area contributed by atoms with Crippen molar-refractivity contribution < 1.29 is 0 Å². The van der Waals surface area contributed by atoms with Crippen LogP contribution in [0.5, 0.6) is 0 Å². The maximum atomic E-state index is 4.27. The molecule has 0 nitrogen and oxygen atoms in total. The van der Waals surface area contributed by atoms with Crippen molar-refractivity contribution in [2.24, 2.45) is 0 Å². The normalized spacial score (nSPS) is 23.4. The Morgan fingerprint density at radius 2 is 1.61 bits per heavy atom. The van der Waals surface area contributed by atoms with Crippen LogP contribution < -0.4 is 0 Å². The Labute approximate surface area is 109 Å². The van der Waals surface area contributed by atoms with Crippen molar-refractivity contribution in [3.8, 4) is 0 Å². The van der Waals surface area contributed by atoms with Crippen molar-refractivity contribution in [3.05, 3.63) is 71.3 Å². The average molecular weight is 234 g/mol. The predicted molar refractivity (Wildman–Crippen MR) is 78.8 cm³/mol. The van der Waals surface area contributed by atoms with Gasteiger partial charge in [0.05, 0.1) is 0 Å². The Kier molecular flexibility index (Phi) is 2.25. The maximum absolute atomic E-state index is 4.27. The first-order valence-electron chi connectivity index (χ1n) is 6.42. The third-order valence-corrected chi connectivity index (χ3v) is 4.70. The number of allylic oxidation sites excluding steroid dienone is 3. The van der Waals surface area contributed by atoms with Crippen molar-refractivity contribution in [1.29, 1.82) is 0 Å². The van der Waals surface area contributed by atoms with Gasteiger partial charge in [-0.2, -0.15) is 0 Å². The zero-order chi connectivity index (χ0) is 12.9. The van der Waals surface area contributed by atoms with E-state index in [9.17, 15) is 0 Å².